The van der Waals surface area contributed by atoms with Gasteiger partial charge in [-0.25, -0.2) is 0 Å². The number of benzene rings is 2. The molecular weight excluding hydrogens is 387 g/mol. The second kappa shape index (κ2) is 20.5. The molecule has 0 radical (unpaired) electrons. The molecule has 0 aliphatic heterocycles. The van der Waals surface area contributed by atoms with Gasteiger partial charge in [0.15, 0.2) is 0 Å². The van der Waals surface area contributed by atoms with Gasteiger partial charge < -0.3 is 32.4 Å². The summed E-state index contributed by atoms with van der Waals surface area (Å²) in [6, 6.07) is 18.3. The van der Waals surface area contributed by atoms with Crippen molar-refractivity contribution in [3.63, 3.8) is 0 Å². The summed E-state index contributed by atoms with van der Waals surface area (Å²) in [4.78, 5) is 1.12. The Kier molecular flexibility index (Phi) is 24.9. The van der Waals surface area contributed by atoms with Gasteiger partial charge in [0, 0.05) is 16.9 Å². The van der Waals surface area contributed by atoms with Crippen LogP contribution in [0.5, 0.6) is 5.75 Å². The minimum atomic E-state index is 0. The van der Waals surface area contributed by atoms with Crippen LogP contribution in [0.15, 0.2) is 59.5 Å². The molecule has 2 aromatic carbocycles. The summed E-state index contributed by atoms with van der Waals surface area (Å²) >= 11 is 1.41. The lowest BCUT2D eigenvalue weighted by atomic mass is 10.2. The first-order chi connectivity index (χ1) is 10.9. The Labute approximate surface area is 161 Å². The molecule has 0 atom stereocenters. The largest absolute Gasteiger partial charge is 1.00 e. The van der Waals surface area contributed by atoms with Gasteiger partial charge in [0.2, 0.25) is 0 Å². The SMILES string of the molecule is CCCCCCOc1ccc(COSc2ccccc2)cc1.[F-].[F-].[F-].[F-].[F-]. The summed E-state index contributed by atoms with van der Waals surface area (Å²) in [5, 5.41) is 0. The molecule has 27 heavy (non-hydrogen) atoms. The highest BCUT2D eigenvalue weighted by Crippen LogP contribution is 2.21. The van der Waals surface area contributed by atoms with E-state index in [0.29, 0.717) is 6.61 Å². The number of halogens is 5. The lowest BCUT2D eigenvalue weighted by molar-refractivity contribution is -0.00100. The Bertz CT molecular complexity index is 529. The molecule has 0 amide bonds. The van der Waals surface area contributed by atoms with Gasteiger partial charge in [-0.2, -0.15) is 0 Å². The fourth-order valence-electron chi connectivity index (χ4n) is 2.04. The van der Waals surface area contributed by atoms with Crippen molar-refractivity contribution in [1.29, 1.82) is 0 Å². The smallest absolute Gasteiger partial charge is 0.119 e. The summed E-state index contributed by atoms with van der Waals surface area (Å²) in [5.74, 6) is 0.941. The molecule has 0 bridgehead atoms. The zero-order chi connectivity index (χ0) is 15.5. The fourth-order valence-corrected chi connectivity index (χ4v) is 2.64. The first-order valence-corrected chi connectivity index (χ1v) is 8.69. The van der Waals surface area contributed by atoms with Crippen LogP contribution in [-0.2, 0) is 10.8 Å². The van der Waals surface area contributed by atoms with Crippen LogP contribution in [0.4, 0.5) is 0 Å². The molecule has 0 saturated heterocycles. The monoisotopic (exact) mass is 411 g/mol. The molecule has 2 aromatic rings. The summed E-state index contributed by atoms with van der Waals surface area (Å²) in [6.45, 7) is 3.62. The molecule has 0 aliphatic carbocycles. The highest BCUT2D eigenvalue weighted by Gasteiger charge is 1.98. The van der Waals surface area contributed by atoms with E-state index in [1.807, 2.05) is 42.5 Å². The maximum Gasteiger partial charge on any atom is 0.119 e. The Hall–Kier alpha value is -1.80. The highest BCUT2D eigenvalue weighted by atomic mass is 32.2. The molecule has 0 N–H and O–H groups in total. The molecule has 0 fully saturated rings. The zero-order valence-electron chi connectivity index (χ0n) is 15.1. The first-order valence-electron chi connectivity index (χ1n) is 7.94. The third-order valence-corrected chi connectivity index (χ3v) is 4.01. The van der Waals surface area contributed by atoms with Crippen LogP contribution in [0.3, 0.4) is 0 Å². The van der Waals surface area contributed by atoms with Gasteiger partial charge in [-0.1, -0.05) is 56.5 Å². The fraction of sp³-hybridized carbons (Fsp3) is 0.368. The van der Waals surface area contributed by atoms with E-state index in [1.165, 1.54) is 31.3 Å². The Morgan fingerprint density at radius 3 is 1.96 bits per heavy atom. The van der Waals surface area contributed by atoms with Crippen LogP contribution in [0.2, 0.25) is 0 Å². The molecule has 0 unspecified atom stereocenters. The molecule has 0 spiro atoms. The van der Waals surface area contributed by atoms with Crippen LogP contribution in [0, 0.1) is 0 Å². The highest BCUT2D eigenvalue weighted by molar-refractivity contribution is 7.94. The van der Waals surface area contributed by atoms with Crippen molar-refractivity contribution >= 4 is 12.0 Å². The Balaban J connectivity index is -0.000000529. The molecule has 0 aliphatic rings. The Morgan fingerprint density at radius 2 is 1.37 bits per heavy atom. The van der Waals surface area contributed by atoms with E-state index in [4.69, 9.17) is 8.92 Å². The number of hydrogen-bond acceptors (Lipinski definition) is 3. The minimum absolute atomic E-state index is 0. The molecule has 2 rings (SSSR count). The normalized spacial score (nSPS) is 8.63. The van der Waals surface area contributed by atoms with Crippen LogP contribution in [-0.4, -0.2) is 6.61 Å². The zero-order valence-corrected chi connectivity index (χ0v) is 15.9. The number of unbranched alkanes of at least 4 members (excludes halogenated alkanes) is 3. The van der Waals surface area contributed by atoms with Crippen molar-refractivity contribution in [1.82, 2.24) is 0 Å². The van der Waals surface area contributed by atoms with E-state index in [2.05, 4.69) is 19.1 Å². The van der Waals surface area contributed by atoms with E-state index < -0.39 is 0 Å². The van der Waals surface area contributed by atoms with Crippen LogP contribution in [0.25, 0.3) is 0 Å². The van der Waals surface area contributed by atoms with E-state index in [1.54, 1.807) is 0 Å². The topological polar surface area (TPSA) is 18.5 Å². The van der Waals surface area contributed by atoms with Gasteiger partial charge >= 0.3 is 0 Å². The lowest BCUT2D eigenvalue weighted by Gasteiger charge is -2.07. The van der Waals surface area contributed by atoms with Crippen molar-refractivity contribution in [2.24, 2.45) is 0 Å². The average molecular weight is 411 g/mol. The van der Waals surface area contributed by atoms with Gasteiger partial charge in [-0.05, 0) is 36.2 Å². The summed E-state index contributed by atoms with van der Waals surface area (Å²) in [7, 11) is 0. The van der Waals surface area contributed by atoms with E-state index in [0.717, 1.165) is 29.2 Å². The van der Waals surface area contributed by atoms with Gasteiger partial charge in [-0.3, -0.25) is 0 Å². The third kappa shape index (κ3) is 14.0. The van der Waals surface area contributed by atoms with E-state index >= 15 is 0 Å². The maximum absolute atomic E-state index is 5.74. The van der Waals surface area contributed by atoms with Crippen LogP contribution >= 0.6 is 12.0 Å². The van der Waals surface area contributed by atoms with Crippen LogP contribution in [0.1, 0.15) is 38.2 Å². The molecular formula is C19H24F5O2S-5. The molecule has 158 valence electrons. The number of rotatable bonds is 10. The molecule has 0 saturated carbocycles. The molecule has 0 heterocycles. The summed E-state index contributed by atoms with van der Waals surface area (Å²) < 4.78 is 11.4. The Morgan fingerprint density at radius 1 is 0.741 bits per heavy atom. The first kappa shape index (κ1) is 32.8. The second-order valence-electron chi connectivity index (χ2n) is 5.21. The average Bonchev–Trinajstić information content (AvgIpc) is 2.57. The van der Waals surface area contributed by atoms with E-state index in [-0.39, 0.29) is 23.5 Å². The lowest BCUT2D eigenvalue weighted by Crippen LogP contribution is -3.00. The number of hydrogen-bond donors (Lipinski definition) is 0. The van der Waals surface area contributed by atoms with Crippen molar-refractivity contribution in [3.05, 3.63) is 60.2 Å². The van der Waals surface area contributed by atoms with Crippen molar-refractivity contribution < 1.29 is 32.4 Å². The second-order valence-corrected chi connectivity index (χ2v) is 6.09. The standard InChI is InChI=1S/C19H24O2S.5FH/c1-2-3-4-8-15-20-18-13-11-17(12-14-18)16-21-22-19-9-6-5-7-10-19;;;;;/h5-7,9-14H,2-4,8,15-16H2,1H3;5*1H/p-5. The molecule has 2 nitrogen and oxygen atoms in total. The minimum Gasteiger partial charge on any atom is -1.00 e. The van der Waals surface area contributed by atoms with Gasteiger partial charge in [0.1, 0.15) is 5.75 Å². The van der Waals surface area contributed by atoms with E-state index in [9.17, 15) is 0 Å². The van der Waals surface area contributed by atoms with Gasteiger partial charge in [0.05, 0.1) is 13.2 Å². The van der Waals surface area contributed by atoms with Crippen molar-refractivity contribution in [2.75, 3.05) is 6.61 Å². The third-order valence-electron chi connectivity index (χ3n) is 3.31. The molecule has 0 aromatic heterocycles. The number of ether oxygens (including phenoxy) is 1. The van der Waals surface area contributed by atoms with Crippen molar-refractivity contribution in [3.8, 4) is 5.75 Å². The van der Waals surface area contributed by atoms with Crippen LogP contribution < -0.4 is 28.3 Å². The molecule has 8 heteroatoms. The van der Waals surface area contributed by atoms with Crippen molar-refractivity contribution in [2.45, 2.75) is 44.1 Å². The predicted molar refractivity (Wildman–Crippen MR) is 93.2 cm³/mol. The van der Waals surface area contributed by atoms with Gasteiger partial charge in [0.25, 0.3) is 0 Å². The van der Waals surface area contributed by atoms with Gasteiger partial charge in [-0.15, -0.1) is 0 Å². The summed E-state index contributed by atoms with van der Waals surface area (Å²) in [5.41, 5.74) is 1.15. The maximum atomic E-state index is 5.74. The summed E-state index contributed by atoms with van der Waals surface area (Å²) in [6.07, 6.45) is 4.93. The quantitative estimate of drug-likeness (QED) is 0.220. The predicted octanol–water partition coefficient (Wildman–Crippen LogP) is -9.11.